The molecule has 6 nitrogen and oxygen atoms in total. The number of rotatable bonds is 8. The highest BCUT2D eigenvalue weighted by Gasteiger charge is 2.21. The second-order valence-electron chi connectivity index (χ2n) is 7.26. The third-order valence-corrected chi connectivity index (χ3v) is 6.55. The summed E-state index contributed by atoms with van der Waals surface area (Å²) in [7, 11) is -2.17. The van der Waals surface area contributed by atoms with Crippen molar-refractivity contribution in [3.05, 3.63) is 89.5 Å². The molecular formula is C24H26N2O4S. The van der Waals surface area contributed by atoms with E-state index in [2.05, 4.69) is 11.4 Å². The van der Waals surface area contributed by atoms with Gasteiger partial charge in [-0.05, 0) is 73.5 Å². The van der Waals surface area contributed by atoms with Crippen molar-refractivity contribution in [2.24, 2.45) is 0 Å². The Kier molecular flexibility index (Phi) is 6.97. The normalized spacial score (nSPS) is 11.1. The van der Waals surface area contributed by atoms with Crippen molar-refractivity contribution in [2.45, 2.75) is 18.7 Å². The molecule has 0 aromatic heterocycles. The zero-order valence-electron chi connectivity index (χ0n) is 17.8. The summed E-state index contributed by atoms with van der Waals surface area (Å²) in [6.07, 6.45) is 0. The van der Waals surface area contributed by atoms with E-state index < -0.39 is 10.0 Å². The number of hydrogen-bond donors (Lipinski definition) is 1. The van der Waals surface area contributed by atoms with Crippen LogP contribution in [0.5, 0.6) is 5.75 Å². The van der Waals surface area contributed by atoms with E-state index in [1.54, 1.807) is 54.6 Å². The molecule has 0 heterocycles. The summed E-state index contributed by atoms with van der Waals surface area (Å²) in [5, 5.41) is 2.81. The van der Waals surface area contributed by atoms with Crippen molar-refractivity contribution in [3.63, 3.8) is 0 Å². The molecule has 3 rings (SSSR count). The molecule has 0 aliphatic heterocycles. The van der Waals surface area contributed by atoms with Crippen LogP contribution in [0.25, 0.3) is 0 Å². The molecule has 3 aromatic rings. The van der Waals surface area contributed by atoms with Crippen molar-refractivity contribution < 1.29 is 17.9 Å². The number of nitrogens with zero attached hydrogens (tertiary/aromatic N) is 1. The molecule has 162 valence electrons. The number of benzene rings is 3. The van der Waals surface area contributed by atoms with Crippen LogP contribution in [0.1, 0.15) is 21.5 Å². The summed E-state index contributed by atoms with van der Waals surface area (Å²) in [4.78, 5) is 12.6. The molecular weight excluding hydrogens is 412 g/mol. The Labute approximate surface area is 183 Å². The van der Waals surface area contributed by atoms with Gasteiger partial charge in [0.05, 0.1) is 17.1 Å². The number of anilines is 1. The van der Waals surface area contributed by atoms with E-state index in [9.17, 15) is 13.2 Å². The number of sulfonamides is 1. The summed E-state index contributed by atoms with van der Waals surface area (Å²) in [6.45, 7) is 4.72. The SMILES string of the molecule is Cc1cc(C)cc(OCCNC(=O)c2ccc(N(C)S(=O)(=O)c3ccccc3)cc2)c1. The average Bonchev–Trinajstić information content (AvgIpc) is 2.76. The smallest absolute Gasteiger partial charge is 0.264 e. The lowest BCUT2D eigenvalue weighted by Crippen LogP contribution is -2.28. The van der Waals surface area contributed by atoms with Crippen LogP contribution in [-0.2, 0) is 10.0 Å². The van der Waals surface area contributed by atoms with Gasteiger partial charge in [-0.1, -0.05) is 24.3 Å². The molecule has 0 atom stereocenters. The van der Waals surface area contributed by atoms with Gasteiger partial charge in [-0.15, -0.1) is 0 Å². The lowest BCUT2D eigenvalue weighted by Gasteiger charge is -2.19. The molecule has 0 saturated carbocycles. The first-order chi connectivity index (χ1) is 14.8. The van der Waals surface area contributed by atoms with E-state index >= 15 is 0 Å². The predicted octanol–water partition coefficient (Wildman–Crippen LogP) is 3.94. The minimum atomic E-state index is -3.66. The van der Waals surface area contributed by atoms with Gasteiger partial charge in [0.1, 0.15) is 12.4 Å². The molecule has 1 N–H and O–H groups in total. The van der Waals surface area contributed by atoms with E-state index in [-0.39, 0.29) is 10.8 Å². The summed E-state index contributed by atoms with van der Waals surface area (Å²) in [5.41, 5.74) is 3.16. The molecule has 0 saturated heterocycles. The van der Waals surface area contributed by atoms with Gasteiger partial charge in [0.15, 0.2) is 0 Å². The Balaban J connectivity index is 1.56. The summed E-state index contributed by atoms with van der Waals surface area (Å²) < 4.78 is 32.3. The quantitative estimate of drug-likeness (QED) is 0.541. The second-order valence-corrected chi connectivity index (χ2v) is 9.23. The first-order valence-electron chi connectivity index (χ1n) is 9.91. The topological polar surface area (TPSA) is 75.7 Å². The van der Waals surface area contributed by atoms with Crippen LogP contribution in [0.15, 0.2) is 77.7 Å². The van der Waals surface area contributed by atoms with Crippen molar-refractivity contribution in [1.82, 2.24) is 5.32 Å². The lowest BCUT2D eigenvalue weighted by atomic mass is 10.1. The van der Waals surface area contributed by atoms with Gasteiger partial charge in [-0.3, -0.25) is 9.10 Å². The van der Waals surface area contributed by atoms with Crippen LogP contribution >= 0.6 is 0 Å². The highest BCUT2D eigenvalue weighted by molar-refractivity contribution is 7.92. The van der Waals surface area contributed by atoms with Crippen LogP contribution in [-0.4, -0.2) is 34.5 Å². The van der Waals surface area contributed by atoms with Gasteiger partial charge in [0, 0.05) is 12.6 Å². The first kappa shape index (κ1) is 22.4. The molecule has 0 aliphatic rings. The van der Waals surface area contributed by atoms with E-state index in [1.165, 1.54) is 11.4 Å². The second kappa shape index (κ2) is 9.66. The maximum Gasteiger partial charge on any atom is 0.264 e. The molecule has 0 unspecified atom stereocenters. The Morgan fingerprint density at radius 3 is 2.16 bits per heavy atom. The van der Waals surface area contributed by atoms with Crippen molar-refractivity contribution in [2.75, 3.05) is 24.5 Å². The standard InChI is InChI=1S/C24H26N2O4S/c1-18-15-19(2)17-22(16-18)30-14-13-25-24(27)20-9-11-21(12-10-20)26(3)31(28,29)23-7-5-4-6-8-23/h4-12,15-17H,13-14H2,1-3H3,(H,25,27). The zero-order valence-corrected chi connectivity index (χ0v) is 18.6. The highest BCUT2D eigenvalue weighted by atomic mass is 32.2. The summed E-state index contributed by atoms with van der Waals surface area (Å²) >= 11 is 0. The number of hydrogen-bond acceptors (Lipinski definition) is 4. The van der Waals surface area contributed by atoms with Crippen molar-refractivity contribution in [3.8, 4) is 5.75 Å². The number of nitrogens with one attached hydrogen (secondary N) is 1. The minimum absolute atomic E-state index is 0.211. The number of carbonyl (C=O) groups is 1. The van der Waals surface area contributed by atoms with Crippen molar-refractivity contribution >= 4 is 21.6 Å². The molecule has 0 bridgehead atoms. The van der Waals surface area contributed by atoms with Gasteiger partial charge in [-0.2, -0.15) is 0 Å². The number of amides is 1. The molecule has 3 aromatic carbocycles. The number of aryl methyl sites for hydroxylation is 2. The third-order valence-electron chi connectivity index (χ3n) is 4.75. The lowest BCUT2D eigenvalue weighted by molar-refractivity contribution is 0.0947. The molecule has 0 radical (unpaired) electrons. The Morgan fingerprint density at radius 2 is 1.55 bits per heavy atom. The molecule has 1 amide bonds. The first-order valence-corrected chi connectivity index (χ1v) is 11.3. The Hall–Kier alpha value is -3.32. The Morgan fingerprint density at radius 1 is 0.935 bits per heavy atom. The fourth-order valence-corrected chi connectivity index (χ4v) is 4.38. The number of ether oxygens (including phenoxy) is 1. The van der Waals surface area contributed by atoms with Crippen LogP contribution in [0.4, 0.5) is 5.69 Å². The molecule has 31 heavy (non-hydrogen) atoms. The van der Waals surface area contributed by atoms with Gasteiger partial charge >= 0.3 is 0 Å². The van der Waals surface area contributed by atoms with E-state index in [1.807, 2.05) is 26.0 Å². The van der Waals surface area contributed by atoms with E-state index in [4.69, 9.17) is 4.74 Å². The zero-order chi connectivity index (χ0) is 22.4. The van der Waals surface area contributed by atoms with Gasteiger partial charge in [0.25, 0.3) is 15.9 Å². The molecule has 0 fully saturated rings. The monoisotopic (exact) mass is 438 g/mol. The fraction of sp³-hybridized carbons (Fsp3) is 0.208. The van der Waals surface area contributed by atoms with Crippen LogP contribution in [0.3, 0.4) is 0 Å². The third kappa shape index (κ3) is 5.64. The molecule has 0 aliphatic carbocycles. The highest BCUT2D eigenvalue weighted by Crippen LogP contribution is 2.22. The van der Waals surface area contributed by atoms with E-state index in [0.717, 1.165) is 16.9 Å². The maximum atomic E-state index is 12.7. The van der Waals surface area contributed by atoms with Crippen molar-refractivity contribution in [1.29, 1.82) is 0 Å². The van der Waals surface area contributed by atoms with E-state index in [0.29, 0.717) is 24.4 Å². The molecule has 7 heteroatoms. The molecule has 0 spiro atoms. The van der Waals surface area contributed by atoms with Gasteiger partial charge in [-0.25, -0.2) is 8.42 Å². The average molecular weight is 439 g/mol. The van der Waals surface area contributed by atoms with Crippen LogP contribution < -0.4 is 14.4 Å². The van der Waals surface area contributed by atoms with Crippen LogP contribution in [0.2, 0.25) is 0 Å². The summed E-state index contributed by atoms with van der Waals surface area (Å²) in [6, 6.07) is 20.6. The minimum Gasteiger partial charge on any atom is -0.492 e. The fourth-order valence-electron chi connectivity index (χ4n) is 3.16. The maximum absolute atomic E-state index is 12.7. The van der Waals surface area contributed by atoms with Crippen LogP contribution in [0, 0.1) is 13.8 Å². The largest absolute Gasteiger partial charge is 0.492 e. The Bertz CT molecular complexity index is 1120. The summed E-state index contributed by atoms with van der Waals surface area (Å²) in [5.74, 6) is 0.530. The predicted molar refractivity (Wildman–Crippen MR) is 122 cm³/mol. The van der Waals surface area contributed by atoms with Gasteiger partial charge < -0.3 is 10.1 Å². The van der Waals surface area contributed by atoms with Gasteiger partial charge in [0.2, 0.25) is 0 Å². The number of carbonyl (C=O) groups excluding carboxylic acids is 1.